The van der Waals surface area contributed by atoms with Gasteiger partial charge in [-0.05, 0) is 88.8 Å². The molecule has 1 saturated carbocycles. The molecule has 1 aliphatic heterocycles. The van der Waals surface area contributed by atoms with E-state index in [2.05, 4.69) is 86.3 Å². The summed E-state index contributed by atoms with van der Waals surface area (Å²) in [6.45, 7) is 10.0. The van der Waals surface area contributed by atoms with Crippen LogP contribution in [0.4, 0.5) is 0 Å². The molecule has 0 saturated heterocycles. The third-order valence-corrected chi connectivity index (χ3v) is 11.8. The minimum Gasteiger partial charge on any atom is -0.496 e. The summed E-state index contributed by atoms with van der Waals surface area (Å²) < 4.78 is 12.4. The van der Waals surface area contributed by atoms with E-state index < -0.39 is 0 Å². The molecule has 0 aromatic heterocycles. The van der Waals surface area contributed by atoms with E-state index in [0.717, 1.165) is 60.3 Å². The van der Waals surface area contributed by atoms with Crippen molar-refractivity contribution in [1.82, 2.24) is 4.90 Å². The molecule has 0 radical (unpaired) electrons. The zero-order valence-corrected chi connectivity index (χ0v) is 29.6. The molecule has 3 aromatic rings. The number of carbonyl (C=O) groups is 2. The Labute approximate surface area is 290 Å². The Morgan fingerprint density at radius 2 is 1.55 bits per heavy atom. The van der Waals surface area contributed by atoms with Gasteiger partial charge in [0.2, 0.25) is 0 Å². The lowest BCUT2D eigenvalue weighted by Gasteiger charge is -2.60. The van der Waals surface area contributed by atoms with Gasteiger partial charge in [-0.25, -0.2) is 0 Å². The van der Waals surface area contributed by atoms with Gasteiger partial charge in [-0.3, -0.25) is 14.5 Å². The Balaban J connectivity index is 1.34. The lowest BCUT2D eigenvalue weighted by Crippen LogP contribution is -2.53. The van der Waals surface area contributed by atoms with Gasteiger partial charge in [-0.2, -0.15) is 0 Å². The molecule has 8 nitrogen and oxygen atoms in total. The molecule has 0 N–H and O–H groups in total. The molecule has 4 aliphatic rings. The lowest BCUT2D eigenvalue weighted by molar-refractivity contribution is -0.0233. The molecule has 1 heterocycles. The van der Waals surface area contributed by atoms with E-state index in [1.54, 1.807) is 26.4 Å². The fraction of sp³-hybridized carbons (Fsp3) is 0.463. The number of methoxy groups -OCH3 is 2. The van der Waals surface area contributed by atoms with Crippen molar-refractivity contribution in [1.29, 1.82) is 0 Å². The average Bonchev–Trinajstić information content (AvgIpc) is 3.35. The number of unbranched alkanes of at least 4 members (excludes halogenated alkanes) is 2. The molecule has 2 amide bonds. The van der Waals surface area contributed by atoms with Crippen LogP contribution in [-0.4, -0.2) is 44.0 Å². The highest BCUT2D eigenvalue weighted by atomic mass is 16.5. The lowest BCUT2D eigenvalue weighted by atomic mass is 9.45. The topological polar surface area (TPSA) is 105 Å². The second-order valence-electron chi connectivity index (χ2n) is 15.0. The molecule has 3 aliphatic carbocycles. The molecule has 8 heteroatoms. The first-order chi connectivity index (χ1) is 23.5. The van der Waals surface area contributed by atoms with Crippen LogP contribution >= 0.6 is 0 Å². The second-order valence-corrected chi connectivity index (χ2v) is 15.0. The van der Waals surface area contributed by atoms with E-state index in [0.29, 0.717) is 36.1 Å². The first-order valence-corrected chi connectivity index (χ1v) is 17.5. The highest BCUT2D eigenvalue weighted by Gasteiger charge is 2.57. The fourth-order valence-corrected chi connectivity index (χ4v) is 8.90. The third kappa shape index (κ3) is 6.12. The minimum absolute atomic E-state index is 0.00762. The van der Waals surface area contributed by atoms with E-state index in [9.17, 15) is 9.59 Å². The Morgan fingerprint density at radius 3 is 2.12 bits per heavy atom. The Hall–Kier alpha value is -4.55. The Kier molecular flexibility index (Phi) is 9.63. The fourth-order valence-electron chi connectivity index (χ4n) is 8.90. The zero-order chi connectivity index (χ0) is 34.9. The number of hydrogen-bond donors (Lipinski definition) is 0. The van der Waals surface area contributed by atoms with Gasteiger partial charge in [-0.1, -0.05) is 99.8 Å². The largest absolute Gasteiger partial charge is 0.496 e. The van der Waals surface area contributed by atoms with Crippen LogP contribution in [0, 0.1) is 17.3 Å². The maximum atomic E-state index is 13.3. The van der Waals surface area contributed by atoms with E-state index >= 15 is 0 Å². The smallest absolute Gasteiger partial charge is 0.261 e. The number of carbonyl (C=O) groups excluding carboxylic acids is 2. The van der Waals surface area contributed by atoms with Crippen LogP contribution in [0.5, 0.6) is 11.5 Å². The summed E-state index contributed by atoms with van der Waals surface area (Å²) in [6.07, 6.45) is 7.18. The molecule has 7 rings (SSSR count). The Bertz CT molecular complexity index is 1750. The van der Waals surface area contributed by atoms with Gasteiger partial charge < -0.3 is 9.47 Å². The first-order valence-electron chi connectivity index (χ1n) is 17.5. The van der Waals surface area contributed by atoms with Crippen LogP contribution < -0.4 is 9.47 Å². The van der Waals surface area contributed by atoms with Crippen molar-refractivity contribution < 1.29 is 19.1 Å². The molecule has 3 aromatic carbocycles. The average molecular weight is 661 g/mol. The van der Waals surface area contributed by atoms with Crippen LogP contribution in [0.1, 0.15) is 109 Å². The molecule has 0 unspecified atom stereocenters. The summed E-state index contributed by atoms with van der Waals surface area (Å²) in [7, 11) is 3.46. The molecular weight excluding hydrogens is 612 g/mol. The van der Waals surface area contributed by atoms with Gasteiger partial charge in [-0.15, -0.1) is 0 Å². The van der Waals surface area contributed by atoms with Gasteiger partial charge in [0.25, 0.3) is 11.8 Å². The van der Waals surface area contributed by atoms with Crippen molar-refractivity contribution in [3.05, 3.63) is 117 Å². The van der Waals surface area contributed by atoms with Gasteiger partial charge >= 0.3 is 0 Å². The number of azide groups is 1. The summed E-state index contributed by atoms with van der Waals surface area (Å²) in [5.41, 5.74) is 13.9. The number of nitrogens with zero attached hydrogens (tertiary/aromatic N) is 4. The molecule has 1 fully saturated rings. The maximum Gasteiger partial charge on any atom is 0.261 e. The molecule has 256 valence electrons. The van der Waals surface area contributed by atoms with E-state index in [-0.39, 0.29) is 34.5 Å². The number of allylic oxidation sites excluding steroid dienone is 1. The minimum atomic E-state index is -0.259. The van der Waals surface area contributed by atoms with Crippen molar-refractivity contribution in [3.8, 4) is 11.5 Å². The number of hydrogen-bond acceptors (Lipinski definition) is 5. The SMILES string of the molecule is COc1cc(C(C)(C)[C@H](CCCCCN=[N+]=[N-])c2ccccc2)cc(OC)c1[C@H]1C=C(CN2C(=O)c3ccccc3C2=O)[C@H]2C[C@@H]1C2(C)C. The highest BCUT2D eigenvalue weighted by molar-refractivity contribution is 6.21. The Morgan fingerprint density at radius 1 is 0.939 bits per heavy atom. The van der Waals surface area contributed by atoms with Crippen LogP contribution in [0.25, 0.3) is 10.4 Å². The monoisotopic (exact) mass is 660 g/mol. The van der Waals surface area contributed by atoms with Crippen LogP contribution in [0.3, 0.4) is 0 Å². The predicted octanol–water partition coefficient (Wildman–Crippen LogP) is 9.62. The van der Waals surface area contributed by atoms with Gasteiger partial charge in [0.1, 0.15) is 11.5 Å². The third-order valence-electron chi connectivity index (χ3n) is 11.8. The summed E-state index contributed by atoms with van der Waals surface area (Å²) in [5.74, 6) is 2.07. The molecule has 49 heavy (non-hydrogen) atoms. The van der Waals surface area contributed by atoms with Crippen molar-refractivity contribution >= 4 is 11.8 Å². The number of amides is 2. The molecule has 0 spiro atoms. The standard InChI is InChI=1S/C41H48N4O4/c1-40(2,32(26-15-9-7-10-16-26)19-11-8-14-20-43-44-42)28-22-35(48-5)37(36(23-28)49-6)31-21-27(33-24-34(31)41(33,3)4)25-45-38(46)29-17-12-13-18-30(29)39(45)47/h7,9-10,12-13,15-18,21-23,31-34H,8,11,14,19-20,24-25H2,1-6H3/t31-,32+,33+,34-/m0/s1. The number of fused-ring (bicyclic) bond motifs is 2. The van der Waals surface area contributed by atoms with Gasteiger partial charge in [0, 0.05) is 22.9 Å². The highest BCUT2D eigenvalue weighted by Crippen LogP contribution is 2.65. The van der Waals surface area contributed by atoms with E-state index in [1.807, 2.05) is 12.1 Å². The quantitative estimate of drug-likeness (QED) is 0.0429. The van der Waals surface area contributed by atoms with Crippen molar-refractivity contribution in [2.75, 3.05) is 27.3 Å². The summed E-state index contributed by atoms with van der Waals surface area (Å²) in [6, 6.07) is 22.2. The van der Waals surface area contributed by atoms with Crippen molar-refractivity contribution in [2.24, 2.45) is 22.4 Å². The van der Waals surface area contributed by atoms with Crippen LogP contribution in [0.15, 0.2) is 83.5 Å². The molecule has 4 atom stereocenters. The van der Waals surface area contributed by atoms with Crippen molar-refractivity contribution in [3.63, 3.8) is 0 Å². The number of rotatable bonds is 14. The zero-order valence-electron chi connectivity index (χ0n) is 29.6. The normalized spacial score (nSPS) is 21.3. The molecule has 2 bridgehead atoms. The summed E-state index contributed by atoms with van der Waals surface area (Å²) >= 11 is 0. The molecular formula is C41H48N4O4. The maximum absolute atomic E-state index is 13.3. The van der Waals surface area contributed by atoms with Gasteiger partial charge in [0.05, 0.1) is 31.9 Å². The predicted molar refractivity (Wildman–Crippen MR) is 192 cm³/mol. The number of ether oxygens (including phenoxy) is 2. The summed E-state index contributed by atoms with van der Waals surface area (Å²) in [5, 5.41) is 3.71. The van der Waals surface area contributed by atoms with Crippen molar-refractivity contribution in [2.45, 2.75) is 77.0 Å². The van der Waals surface area contributed by atoms with E-state index in [1.165, 1.54) is 10.5 Å². The first kappa shape index (κ1) is 34.3. The second kappa shape index (κ2) is 13.8. The number of benzene rings is 3. The summed E-state index contributed by atoms with van der Waals surface area (Å²) in [4.78, 5) is 31.0. The van der Waals surface area contributed by atoms with E-state index in [4.69, 9.17) is 15.0 Å². The number of imide groups is 1. The van der Waals surface area contributed by atoms with Crippen LogP contribution in [0.2, 0.25) is 0 Å². The van der Waals surface area contributed by atoms with Crippen LogP contribution in [-0.2, 0) is 5.41 Å². The van der Waals surface area contributed by atoms with Gasteiger partial charge in [0.15, 0.2) is 0 Å².